The molecule has 0 spiro atoms. The number of unbranched alkanes of at least 4 members (excludes halogenated alkanes) is 1. The minimum absolute atomic E-state index is 0.0267. The number of rotatable bonds is 7. The van der Waals surface area contributed by atoms with E-state index in [0.717, 1.165) is 44.5 Å². The van der Waals surface area contributed by atoms with Gasteiger partial charge in [0.2, 0.25) is 5.89 Å². The molecule has 0 N–H and O–H groups in total. The molecule has 6 nitrogen and oxygen atoms in total. The van der Waals surface area contributed by atoms with Crippen LogP contribution in [0.2, 0.25) is 0 Å². The van der Waals surface area contributed by atoms with Crippen LogP contribution >= 0.6 is 0 Å². The van der Waals surface area contributed by atoms with Crippen molar-refractivity contribution < 1.29 is 14.1 Å². The number of likely N-dealkylation sites (tertiary alicyclic amines) is 1. The maximum absolute atomic E-state index is 11.8. The summed E-state index contributed by atoms with van der Waals surface area (Å²) >= 11 is 0. The second-order valence-electron chi connectivity index (χ2n) is 5.53. The van der Waals surface area contributed by atoms with Crippen LogP contribution in [0, 0.1) is 5.92 Å². The summed E-state index contributed by atoms with van der Waals surface area (Å²) in [5, 5.41) is 4.00. The fraction of sp³-hybridized carbons (Fsp3) is 0.800. The van der Waals surface area contributed by atoms with Crippen LogP contribution < -0.4 is 0 Å². The van der Waals surface area contributed by atoms with Crippen molar-refractivity contribution in [3.8, 4) is 0 Å². The molecule has 2 heterocycles. The lowest BCUT2D eigenvalue weighted by molar-refractivity contribution is -0.150. The number of esters is 1. The average molecular weight is 295 g/mol. The van der Waals surface area contributed by atoms with Gasteiger partial charge in [-0.05, 0) is 32.7 Å². The number of hydrogen-bond donors (Lipinski definition) is 0. The Morgan fingerprint density at radius 2 is 2.33 bits per heavy atom. The third-order valence-electron chi connectivity index (χ3n) is 3.75. The van der Waals surface area contributed by atoms with Gasteiger partial charge < -0.3 is 9.26 Å². The Morgan fingerprint density at radius 3 is 3.10 bits per heavy atom. The summed E-state index contributed by atoms with van der Waals surface area (Å²) in [7, 11) is 0. The van der Waals surface area contributed by atoms with Gasteiger partial charge in [0.25, 0.3) is 0 Å². The summed E-state index contributed by atoms with van der Waals surface area (Å²) in [6.07, 6.45) is 4.97. The van der Waals surface area contributed by atoms with E-state index in [9.17, 15) is 4.79 Å². The van der Waals surface area contributed by atoms with E-state index >= 15 is 0 Å². The van der Waals surface area contributed by atoms with E-state index < -0.39 is 0 Å². The number of aryl methyl sites for hydroxylation is 1. The van der Waals surface area contributed by atoms with Crippen LogP contribution in [0.5, 0.6) is 0 Å². The number of nitrogens with zero attached hydrogens (tertiary/aromatic N) is 3. The number of piperidine rings is 1. The van der Waals surface area contributed by atoms with Gasteiger partial charge in [0.1, 0.15) is 0 Å². The Morgan fingerprint density at radius 1 is 1.48 bits per heavy atom. The third kappa shape index (κ3) is 4.81. The highest BCUT2D eigenvalue weighted by molar-refractivity contribution is 5.72. The average Bonchev–Trinajstić information content (AvgIpc) is 2.93. The van der Waals surface area contributed by atoms with E-state index in [1.165, 1.54) is 0 Å². The van der Waals surface area contributed by atoms with Gasteiger partial charge in [0, 0.05) is 13.0 Å². The van der Waals surface area contributed by atoms with Crippen LogP contribution in [0.1, 0.15) is 51.2 Å². The zero-order chi connectivity index (χ0) is 15.1. The molecule has 0 saturated carbocycles. The van der Waals surface area contributed by atoms with Crippen LogP contribution in [0.3, 0.4) is 0 Å². The van der Waals surface area contributed by atoms with Crippen molar-refractivity contribution in [1.29, 1.82) is 0 Å². The highest BCUT2D eigenvalue weighted by Crippen LogP contribution is 2.19. The molecular formula is C15H25N3O3. The predicted molar refractivity (Wildman–Crippen MR) is 77.5 cm³/mol. The lowest BCUT2D eigenvalue weighted by Crippen LogP contribution is -2.39. The predicted octanol–water partition coefficient (Wildman–Crippen LogP) is 2.19. The summed E-state index contributed by atoms with van der Waals surface area (Å²) in [5.74, 6) is 1.31. The molecule has 21 heavy (non-hydrogen) atoms. The molecule has 0 aliphatic carbocycles. The van der Waals surface area contributed by atoms with Gasteiger partial charge in [-0.25, -0.2) is 0 Å². The van der Waals surface area contributed by atoms with Crippen LogP contribution in [-0.4, -0.2) is 40.7 Å². The largest absolute Gasteiger partial charge is 0.466 e. The van der Waals surface area contributed by atoms with Crippen molar-refractivity contribution in [2.24, 2.45) is 5.92 Å². The Hall–Kier alpha value is -1.43. The van der Waals surface area contributed by atoms with Gasteiger partial charge in [-0.1, -0.05) is 18.5 Å². The van der Waals surface area contributed by atoms with Crippen molar-refractivity contribution in [2.75, 3.05) is 19.7 Å². The van der Waals surface area contributed by atoms with E-state index in [2.05, 4.69) is 22.0 Å². The molecule has 1 aromatic heterocycles. The normalized spacial score (nSPS) is 19.6. The van der Waals surface area contributed by atoms with Gasteiger partial charge in [-0.15, -0.1) is 0 Å². The maximum atomic E-state index is 11.8. The zero-order valence-electron chi connectivity index (χ0n) is 13.0. The smallest absolute Gasteiger partial charge is 0.310 e. The summed E-state index contributed by atoms with van der Waals surface area (Å²) in [4.78, 5) is 18.4. The first kappa shape index (κ1) is 15.9. The van der Waals surface area contributed by atoms with E-state index in [0.29, 0.717) is 25.6 Å². The van der Waals surface area contributed by atoms with Crippen LogP contribution in [0.25, 0.3) is 0 Å². The quantitative estimate of drug-likeness (QED) is 0.718. The van der Waals surface area contributed by atoms with Gasteiger partial charge in [-0.2, -0.15) is 4.98 Å². The molecule has 2 rings (SSSR count). The van der Waals surface area contributed by atoms with E-state index in [1.54, 1.807) is 0 Å². The molecule has 1 fully saturated rings. The van der Waals surface area contributed by atoms with Crippen LogP contribution in [0.15, 0.2) is 4.52 Å². The minimum atomic E-state index is -0.0867. The van der Waals surface area contributed by atoms with Crippen LogP contribution in [0.4, 0.5) is 0 Å². The monoisotopic (exact) mass is 295 g/mol. The first-order chi connectivity index (χ1) is 10.2. The Balaban J connectivity index is 1.84. The first-order valence-corrected chi connectivity index (χ1v) is 7.93. The lowest BCUT2D eigenvalue weighted by Gasteiger charge is -2.30. The fourth-order valence-corrected chi connectivity index (χ4v) is 2.63. The summed E-state index contributed by atoms with van der Waals surface area (Å²) in [5.41, 5.74) is 0. The molecule has 0 bridgehead atoms. The molecular weight excluding hydrogens is 270 g/mol. The number of ether oxygens (including phenoxy) is 1. The molecule has 1 saturated heterocycles. The van der Waals surface area contributed by atoms with Crippen molar-refractivity contribution in [3.63, 3.8) is 0 Å². The SMILES string of the molecule is CCCCc1noc(CN2CCC[C@@H](C(=O)OCC)C2)n1. The van der Waals surface area contributed by atoms with Crippen molar-refractivity contribution in [1.82, 2.24) is 15.0 Å². The highest BCUT2D eigenvalue weighted by Gasteiger charge is 2.27. The standard InChI is InChI=1S/C15H25N3O3/c1-3-5-8-13-16-14(21-17-13)11-18-9-6-7-12(10-18)15(19)20-4-2/h12H,3-11H2,1-2H3/t12-/m1/s1. The fourth-order valence-electron chi connectivity index (χ4n) is 2.63. The molecule has 118 valence electrons. The number of aromatic nitrogens is 2. The molecule has 0 radical (unpaired) electrons. The Bertz CT molecular complexity index is 447. The highest BCUT2D eigenvalue weighted by atomic mass is 16.5. The maximum Gasteiger partial charge on any atom is 0.310 e. The van der Waals surface area contributed by atoms with Gasteiger partial charge in [0.05, 0.1) is 19.1 Å². The molecule has 0 unspecified atom stereocenters. The number of hydrogen-bond acceptors (Lipinski definition) is 6. The zero-order valence-corrected chi connectivity index (χ0v) is 13.0. The van der Waals surface area contributed by atoms with Crippen molar-refractivity contribution >= 4 is 5.97 Å². The van der Waals surface area contributed by atoms with E-state index in [1.807, 2.05) is 6.92 Å². The number of carbonyl (C=O) groups is 1. The topological polar surface area (TPSA) is 68.5 Å². The first-order valence-electron chi connectivity index (χ1n) is 7.93. The molecule has 6 heteroatoms. The second kappa shape index (κ2) is 8.12. The number of carbonyl (C=O) groups excluding carboxylic acids is 1. The van der Waals surface area contributed by atoms with E-state index in [4.69, 9.17) is 9.26 Å². The summed E-state index contributed by atoms with van der Waals surface area (Å²) < 4.78 is 10.4. The molecule has 0 amide bonds. The van der Waals surface area contributed by atoms with Crippen molar-refractivity contribution in [2.45, 2.75) is 52.5 Å². The Labute approximate surface area is 125 Å². The lowest BCUT2D eigenvalue weighted by atomic mass is 9.98. The molecule has 0 aromatic carbocycles. The summed E-state index contributed by atoms with van der Waals surface area (Å²) in [6, 6.07) is 0. The second-order valence-corrected chi connectivity index (χ2v) is 5.53. The van der Waals surface area contributed by atoms with Crippen LogP contribution in [-0.2, 0) is 22.5 Å². The van der Waals surface area contributed by atoms with Gasteiger partial charge in [-0.3, -0.25) is 9.69 Å². The third-order valence-corrected chi connectivity index (χ3v) is 3.75. The van der Waals surface area contributed by atoms with Gasteiger partial charge in [0.15, 0.2) is 5.82 Å². The van der Waals surface area contributed by atoms with E-state index in [-0.39, 0.29) is 11.9 Å². The van der Waals surface area contributed by atoms with Gasteiger partial charge >= 0.3 is 5.97 Å². The minimum Gasteiger partial charge on any atom is -0.466 e. The molecule has 1 aliphatic rings. The molecule has 1 atom stereocenters. The van der Waals surface area contributed by atoms with Crippen molar-refractivity contribution in [3.05, 3.63) is 11.7 Å². The summed E-state index contributed by atoms with van der Waals surface area (Å²) in [6.45, 7) is 6.72. The molecule has 1 aliphatic heterocycles. The Kier molecular flexibility index (Phi) is 6.17. The molecule has 1 aromatic rings.